The lowest BCUT2D eigenvalue weighted by molar-refractivity contribution is -0.555. The number of ether oxygens (including phenoxy) is 1. The molecule has 7 heteroatoms. The second kappa shape index (κ2) is 5.14. The second-order valence-corrected chi connectivity index (χ2v) is 5.67. The number of hydrogen-bond donors (Lipinski definition) is 1. The van der Waals surface area contributed by atoms with Gasteiger partial charge in [0.15, 0.2) is 11.9 Å². The van der Waals surface area contributed by atoms with Crippen molar-refractivity contribution in [2.75, 3.05) is 0 Å². The molecule has 1 aromatic carbocycles. The molecular weight excluding hydrogens is 330 g/mol. The van der Waals surface area contributed by atoms with Crippen molar-refractivity contribution in [3.8, 4) is 5.75 Å². The highest BCUT2D eigenvalue weighted by molar-refractivity contribution is 9.10. The van der Waals surface area contributed by atoms with Gasteiger partial charge < -0.3 is 9.84 Å². The Bertz CT molecular complexity index is 576. The molecule has 0 amide bonds. The highest BCUT2D eigenvalue weighted by Crippen LogP contribution is 2.44. The molecule has 2 rings (SSSR count). The normalized spacial score (nSPS) is 28.4. The number of fused-ring (bicyclic) bond motifs is 1. The molecule has 0 radical (unpaired) electrons. The van der Waals surface area contributed by atoms with Crippen LogP contribution < -0.4 is 4.74 Å². The van der Waals surface area contributed by atoms with E-state index in [1.54, 1.807) is 25.1 Å². The molecule has 0 bridgehead atoms. The number of carbonyl (C=O) groups is 1. The van der Waals surface area contributed by atoms with Crippen LogP contribution in [0.5, 0.6) is 5.75 Å². The Morgan fingerprint density at radius 1 is 1.60 bits per heavy atom. The van der Waals surface area contributed by atoms with Gasteiger partial charge in [0.05, 0.1) is 0 Å². The first kappa shape index (κ1) is 14.9. The van der Waals surface area contributed by atoms with E-state index in [0.29, 0.717) is 15.8 Å². The van der Waals surface area contributed by atoms with Gasteiger partial charge in [-0.1, -0.05) is 22.9 Å². The number of carbonyl (C=O) groups excluding carboxylic acids is 1. The first-order chi connectivity index (χ1) is 9.33. The maximum atomic E-state index is 11.9. The number of ketones is 1. The van der Waals surface area contributed by atoms with Crippen LogP contribution in [0.15, 0.2) is 22.7 Å². The van der Waals surface area contributed by atoms with E-state index in [9.17, 15) is 20.0 Å². The second-order valence-electron chi connectivity index (χ2n) is 4.76. The van der Waals surface area contributed by atoms with Gasteiger partial charge in [-0.3, -0.25) is 14.9 Å². The van der Waals surface area contributed by atoms with Crippen LogP contribution in [-0.4, -0.2) is 27.5 Å². The van der Waals surface area contributed by atoms with Crippen LogP contribution >= 0.6 is 15.9 Å². The molecular formula is C13H14BrNO5. The highest BCUT2D eigenvalue weighted by Gasteiger charge is 2.59. The Balaban J connectivity index is 2.65. The van der Waals surface area contributed by atoms with Crippen molar-refractivity contribution < 1.29 is 19.6 Å². The average Bonchev–Trinajstić information content (AvgIpc) is 2.38. The summed E-state index contributed by atoms with van der Waals surface area (Å²) in [5, 5.41) is 21.7. The maximum Gasteiger partial charge on any atom is 0.288 e. The number of rotatable bonds is 3. The summed E-state index contributed by atoms with van der Waals surface area (Å²) >= 11 is 3.25. The van der Waals surface area contributed by atoms with Crippen molar-refractivity contribution in [1.82, 2.24) is 0 Å². The predicted molar refractivity (Wildman–Crippen MR) is 74.2 cm³/mol. The lowest BCUT2D eigenvalue weighted by Crippen LogP contribution is -2.60. The average molecular weight is 344 g/mol. The molecule has 0 saturated heterocycles. The molecule has 20 heavy (non-hydrogen) atoms. The van der Waals surface area contributed by atoms with Crippen molar-refractivity contribution in [3.05, 3.63) is 38.3 Å². The van der Waals surface area contributed by atoms with E-state index in [1.165, 1.54) is 6.92 Å². The fourth-order valence-corrected chi connectivity index (χ4v) is 3.00. The van der Waals surface area contributed by atoms with Crippen LogP contribution in [0, 0.1) is 10.1 Å². The standard InChI is InChI=1S/C13H14BrNO5/c1-3-13(7(2)16)12(15(18)19)11(17)9-6-8(14)4-5-10(9)20-13/h4-6,11-12,17H,3H2,1-2H3. The molecule has 0 spiro atoms. The van der Waals surface area contributed by atoms with Gasteiger partial charge in [-0.2, -0.15) is 0 Å². The Morgan fingerprint density at radius 2 is 2.25 bits per heavy atom. The topological polar surface area (TPSA) is 89.7 Å². The summed E-state index contributed by atoms with van der Waals surface area (Å²) in [7, 11) is 0. The van der Waals surface area contributed by atoms with Crippen molar-refractivity contribution in [3.63, 3.8) is 0 Å². The fraction of sp³-hybridized carbons (Fsp3) is 0.462. The van der Waals surface area contributed by atoms with Gasteiger partial charge in [-0.15, -0.1) is 0 Å². The van der Waals surface area contributed by atoms with Gasteiger partial charge in [0.2, 0.25) is 5.60 Å². The Kier molecular flexibility index (Phi) is 3.84. The van der Waals surface area contributed by atoms with Gasteiger partial charge in [0.1, 0.15) is 5.75 Å². The highest BCUT2D eigenvalue weighted by atomic mass is 79.9. The maximum absolute atomic E-state index is 11.9. The molecule has 1 aliphatic heterocycles. The molecule has 0 saturated carbocycles. The van der Waals surface area contributed by atoms with E-state index in [-0.39, 0.29) is 6.42 Å². The number of benzene rings is 1. The first-order valence-electron chi connectivity index (χ1n) is 6.14. The Labute approximate surface area is 124 Å². The molecule has 1 aliphatic rings. The third kappa shape index (κ3) is 2.10. The van der Waals surface area contributed by atoms with Crippen molar-refractivity contribution in [2.24, 2.45) is 0 Å². The van der Waals surface area contributed by atoms with Gasteiger partial charge in [-0.25, -0.2) is 0 Å². The van der Waals surface area contributed by atoms with E-state index in [0.717, 1.165) is 0 Å². The van der Waals surface area contributed by atoms with E-state index in [1.807, 2.05) is 0 Å². The van der Waals surface area contributed by atoms with Gasteiger partial charge in [0, 0.05) is 15.0 Å². The van der Waals surface area contributed by atoms with Gasteiger partial charge in [-0.05, 0) is 31.5 Å². The van der Waals surface area contributed by atoms with Crippen LogP contribution in [0.25, 0.3) is 0 Å². The molecule has 1 heterocycles. The van der Waals surface area contributed by atoms with Crippen molar-refractivity contribution in [2.45, 2.75) is 38.0 Å². The minimum Gasteiger partial charge on any atom is -0.472 e. The monoisotopic (exact) mass is 343 g/mol. The fourth-order valence-electron chi connectivity index (χ4n) is 2.62. The first-order valence-corrected chi connectivity index (χ1v) is 6.94. The number of aliphatic hydroxyl groups is 1. The summed E-state index contributed by atoms with van der Waals surface area (Å²) in [5.74, 6) is -0.162. The molecule has 3 unspecified atom stereocenters. The number of Topliss-reactive ketones (excluding diaryl/α,β-unsaturated/α-hetero) is 1. The zero-order valence-electron chi connectivity index (χ0n) is 11.0. The van der Waals surface area contributed by atoms with Crippen LogP contribution in [-0.2, 0) is 4.79 Å². The van der Waals surface area contributed by atoms with E-state index in [2.05, 4.69) is 15.9 Å². The summed E-state index contributed by atoms with van der Waals surface area (Å²) in [5.41, 5.74) is -1.32. The predicted octanol–water partition coefficient (Wildman–Crippen LogP) is 2.26. The van der Waals surface area contributed by atoms with Crippen molar-refractivity contribution >= 4 is 21.7 Å². The Morgan fingerprint density at radius 3 is 2.75 bits per heavy atom. The smallest absolute Gasteiger partial charge is 0.288 e. The molecule has 0 aromatic heterocycles. The summed E-state index contributed by atoms with van der Waals surface area (Å²) < 4.78 is 6.33. The SMILES string of the molecule is CCC1(C(C)=O)Oc2ccc(Br)cc2C(O)C1[N+](=O)[O-]. The zero-order valence-corrected chi connectivity index (χ0v) is 12.6. The molecule has 6 nitrogen and oxygen atoms in total. The molecule has 0 fully saturated rings. The molecule has 3 atom stereocenters. The number of halogens is 1. The number of nitrogens with zero attached hydrogens (tertiary/aromatic N) is 1. The summed E-state index contributed by atoms with van der Waals surface area (Å²) in [6, 6.07) is 3.33. The van der Waals surface area contributed by atoms with E-state index >= 15 is 0 Å². The van der Waals surface area contributed by atoms with E-state index in [4.69, 9.17) is 4.74 Å². The quantitative estimate of drug-likeness (QED) is 0.671. The Hall–Kier alpha value is -1.47. The van der Waals surface area contributed by atoms with E-state index < -0.39 is 28.5 Å². The largest absolute Gasteiger partial charge is 0.472 e. The zero-order chi connectivity index (χ0) is 15.1. The number of hydrogen-bond acceptors (Lipinski definition) is 5. The van der Waals surface area contributed by atoms with Gasteiger partial charge in [0.25, 0.3) is 6.04 Å². The van der Waals surface area contributed by atoms with Crippen LogP contribution in [0.3, 0.4) is 0 Å². The lowest BCUT2D eigenvalue weighted by Gasteiger charge is -2.39. The lowest BCUT2D eigenvalue weighted by atomic mass is 9.79. The summed E-state index contributed by atoms with van der Waals surface area (Å²) in [6.45, 7) is 2.88. The van der Waals surface area contributed by atoms with Crippen LogP contribution in [0.2, 0.25) is 0 Å². The minimum absolute atomic E-state index is 0.112. The van der Waals surface area contributed by atoms with Crippen LogP contribution in [0.1, 0.15) is 31.9 Å². The third-order valence-electron chi connectivity index (χ3n) is 3.71. The van der Waals surface area contributed by atoms with Crippen LogP contribution in [0.4, 0.5) is 0 Å². The number of aliphatic hydroxyl groups excluding tert-OH is 1. The molecule has 1 aromatic rings. The molecule has 1 N–H and O–H groups in total. The molecule has 0 aliphatic carbocycles. The number of nitro groups is 1. The summed E-state index contributed by atoms with van der Waals surface area (Å²) in [4.78, 5) is 22.6. The van der Waals surface area contributed by atoms with Gasteiger partial charge >= 0.3 is 0 Å². The molecule has 108 valence electrons. The van der Waals surface area contributed by atoms with Crippen molar-refractivity contribution in [1.29, 1.82) is 0 Å². The minimum atomic E-state index is -1.64. The summed E-state index contributed by atoms with van der Waals surface area (Å²) in [6.07, 6.45) is -1.28. The third-order valence-corrected chi connectivity index (χ3v) is 4.20.